The molecule has 28 heavy (non-hydrogen) atoms. The van der Waals surface area contributed by atoms with Gasteiger partial charge in [0, 0.05) is 22.1 Å². The third-order valence-electron chi connectivity index (χ3n) is 4.52. The SMILES string of the molecule is COc1ccc2c(c1)-c1nc(NC(=O)c3ccc(Cl)c([N+](=O)[O-])c3)sc1CC2. The maximum Gasteiger partial charge on any atom is 0.288 e. The van der Waals surface area contributed by atoms with Crippen molar-refractivity contribution in [2.75, 3.05) is 12.4 Å². The highest BCUT2D eigenvalue weighted by Crippen LogP contribution is 2.39. The van der Waals surface area contributed by atoms with Gasteiger partial charge in [0.25, 0.3) is 11.6 Å². The summed E-state index contributed by atoms with van der Waals surface area (Å²) in [5.74, 6) is 0.274. The molecule has 1 aromatic heterocycles. The number of fused-ring (bicyclic) bond motifs is 3. The van der Waals surface area contributed by atoms with Crippen LogP contribution in [0.1, 0.15) is 20.8 Å². The van der Waals surface area contributed by atoms with E-state index < -0.39 is 10.8 Å². The Morgan fingerprint density at radius 3 is 2.86 bits per heavy atom. The number of anilines is 1. The number of nitro benzene ring substituents is 1. The second-order valence-electron chi connectivity index (χ2n) is 6.19. The first-order valence-electron chi connectivity index (χ1n) is 8.38. The third kappa shape index (κ3) is 3.32. The molecule has 1 aliphatic rings. The van der Waals surface area contributed by atoms with Crippen molar-refractivity contribution in [3.63, 3.8) is 0 Å². The number of benzene rings is 2. The smallest absolute Gasteiger partial charge is 0.288 e. The van der Waals surface area contributed by atoms with Gasteiger partial charge in [0.1, 0.15) is 10.8 Å². The third-order valence-corrected chi connectivity index (χ3v) is 5.87. The first kappa shape index (κ1) is 18.4. The fraction of sp³-hybridized carbons (Fsp3) is 0.158. The first-order valence-corrected chi connectivity index (χ1v) is 9.58. The van der Waals surface area contributed by atoms with Crippen molar-refractivity contribution >= 4 is 39.7 Å². The Balaban J connectivity index is 1.62. The number of rotatable bonds is 4. The second-order valence-corrected chi connectivity index (χ2v) is 7.68. The van der Waals surface area contributed by atoms with E-state index in [2.05, 4.69) is 10.3 Å². The molecule has 0 saturated carbocycles. The maximum atomic E-state index is 12.5. The van der Waals surface area contributed by atoms with Crippen LogP contribution in [-0.2, 0) is 12.8 Å². The van der Waals surface area contributed by atoms with Gasteiger partial charge >= 0.3 is 0 Å². The summed E-state index contributed by atoms with van der Waals surface area (Å²) in [6, 6.07) is 9.84. The van der Waals surface area contributed by atoms with Gasteiger partial charge in [-0.3, -0.25) is 20.2 Å². The molecule has 4 rings (SSSR count). The molecule has 1 N–H and O–H groups in total. The molecule has 1 aliphatic carbocycles. The lowest BCUT2D eigenvalue weighted by atomic mass is 9.93. The van der Waals surface area contributed by atoms with Gasteiger partial charge in [-0.15, -0.1) is 11.3 Å². The lowest BCUT2D eigenvalue weighted by Gasteiger charge is -2.15. The minimum Gasteiger partial charge on any atom is -0.497 e. The highest BCUT2D eigenvalue weighted by atomic mass is 35.5. The molecule has 0 radical (unpaired) electrons. The number of methoxy groups -OCH3 is 1. The molecule has 9 heteroatoms. The molecule has 0 saturated heterocycles. The van der Waals surface area contributed by atoms with Crippen molar-refractivity contribution in [3.05, 3.63) is 67.5 Å². The summed E-state index contributed by atoms with van der Waals surface area (Å²) in [4.78, 5) is 28.6. The van der Waals surface area contributed by atoms with Crippen molar-refractivity contribution in [3.8, 4) is 17.0 Å². The molecule has 0 spiro atoms. The average Bonchev–Trinajstić information content (AvgIpc) is 3.10. The average molecular weight is 416 g/mol. The van der Waals surface area contributed by atoms with E-state index in [1.54, 1.807) is 7.11 Å². The van der Waals surface area contributed by atoms with Crippen LogP contribution in [0.4, 0.5) is 10.8 Å². The van der Waals surface area contributed by atoms with Gasteiger partial charge in [-0.1, -0.05) is 17.7 Å². The Hall–Kier alpha value is -2.97. The normalized spacial score (nSPS) is 12.1. The van der Waals surface area contributed by atoms with E-state index >= 15 is 0 Å². The summed E-state index contributed by atoms with van der Waals surface area (Å²) >= 11 is 7.21. The summed E-state index contributed by atoms with van der Waals surface area (Å²) in [6.45, 7) is 0. The van der Waals surface area contributed by atoms with Gasteiger partial charge in [-0.25, -0.2) is 4.98 Å². The van der Waals surface area contributed by atoms with Gasteiger partial charge in [-0.2, -0.15) is 0 Å². The molecule has 1 amide bonds. The number of ether oxygens (including phenoxy) is 1. The van der Waals surface area contributed by atoms with Crippen LogP contribution in [-0.4, -0.2) is 22.9 Å². The van der Waals surface area contributed by atoms with E-state index in [1.165, 1.54) is 29.0 Å². The van der Waals surface area contributed by atoms with Crippen molar-refractivity contribution < 1.29 is 14.5 Å². The zero-order valence-electron chi connectivity index (χ0n) is 14.7. The molecule has 0 aliphatic heterocycles. The largest absolute Gasteiger partial charge is 0.497 e. The van der Waals surface area contributed by atoms with Crippen LogP contribution in [0.25, 0.3) is 11.3 Å². The minimum atomic E-state index is -0.620. The van der Waals surface area contributed by atoms with E-state index in [4.69, 9.17) is 16.3 Å². The minimum absolute atomic E-state index is 0.0168. The van der Waals surface area contributed by atoms with Crippen LogP contribution in [0.15, 0.2) is 36.4 Å². The number of carbonyl (C=O) groups is 1. The molecule has 0 fully saturated rings. The van der Waals surface area contributed by atoms with Crippen LogP contribution in [0, 0.1) is 10.1 Å². The Kier molecular flexibility index (Phi) is 4.74. The number of hydrogen-bond acceptors (Lipinski definition) is 6. The molecule has 7 nitrogen and oxygen atoms in total. The molecular formula is C19H14ClN3O4S. The van der Waals surface area contributed by atoms with E-state index in [1.807, 2.05) is 18.2 Å². The molecular weight excluding hydrogens is 402 g/mol. The van der Waals surface area contributed by atoms with Gasteiger partial charge in [0.05, 0.1) is 17.7 Å². The van der Waals surface area contributed by atoms with Crippen LogP contribution >= 0.6 is 22.9 Å². The van der Waals surface area contributed by atoms with Gasteiger partial charge in [0.15, 0.2) is 5.13 Å². The van der Waals surface area contributed by atoms with Crippen molar-refractivity contribution in [2.24, 2.45) is 0 Å². The first-order chi connectivity index (χ1) is 13.5. The molecule has 0 bridgehead atoms. The van der Waals surface area contributed by atoms with Crippen LogP contribution in [0.2, 0.25) is 5.02 Å². The van der Waals surface area contributed by atoms with Crippen LogP contribution in [0.3, 0.4) is 0 Å². The highest BCUT2D eigenvalue weighted by Gasteiger charge is 2.23. The predicted molar refractivity (Wildman–Crippen MR) is 108 cm³/mol. The summed E-state index contributed by atoms with van der Waals surface area (Å²) in [5, 5.41) is 14.2. The lowest BCUT2D eigenvalue weighted by Crippen LogP contribution is -2.12. The standard InChI is InChI=1S/C19H14ClN3O4S/c1-27-12-5-2-10-4-7-16-17(13(10)9-12)21-19(28-16)22-18(24)11-3-6-14(20)15(8-11)23(25)26/h2-3,5-6,8-9H,4,7H2,1H3,(H,21,22,24). The molecule has 0 atom stereocenters. The number of thiazole rings is 1. The lowest BCUT2D eigenvalue weighted by molar-refractivity contribution is -0.384. The van der Waals surface area contributed by atoms with Crippen molar-refractivity contribution in [1.82, 2.24) is 4.98 Å². The van der Waals surface area contributed by atoms with Crippen molar-refractivity contribution in [2.45, 2.75) is 12.8 Å². The topological polar surface area (TPSA) is 94.4 Å². The Morgan fingerprint density at radius 1 is 1.29 bits per heavy atom. The van der Waals surface area contributed by atoms with Gasteiger partial charge in [0.2, 0.25) is 0 Å². The van der Waals surface area contributed by atoms with E-state index in [9.17, 15) is 14.9 Å². The number of aromatic nitrogens is 1. The monoisotopic (exact) mass is 415 g/mol. The van der Waals surface area contributed by atoms with E-state index in [0.29, 0.717) is 5.13 Å². The molecule has 0 unspecified atom stereocenters. The number of halogens is 1. The molecule has 142 valence electrons. The zero-order chi connectivity index (χ0) is 19.8. The number of hydrogen-bond donors (Lipinski definition) is 1. The summed E-state index contributed by atoms with van der Waals surface area (Å²) < 4.78 is 5.30. The van der Waals surface area contributed by atoms with E-state index in [0.717, 1.165) is 40.8 Å². The number of amides is 1. The quantitative estimate of drug-likeness (QED) is 0.491. The van der Waals surface area contributed by atoms with E-state index in [-0.39, 0.29) is 16.3 Å². The molecule has 2 aromatic carbocycles. The second kappa shape index (κ2) is 7.21. The molecule has 3 aromatic rings. The Labute approximate surface area is 169 Å². The Bertz CT molecular complexity index is 1110. The van der Waals surface area contributed by atoms with Crippen LogP contribution < -0.4 is 10.1 Å². The van der Waals surface area contributed by atoms with Crippen LogP contribution in [0.5, 0.6) is 5.75 Å². The number of nitrogens with one attached hydrogen (secondary N) is 1. The number of aryl methyl sites for hydroxylation is 2. The number of carbonyl (C=O) groups excluding carboxylic acids is 1. The fourth-order valence-electron chi connectivity index (χ4n) is 3.12. The highest BCUT2D eigenvalue weighted by molar-refractivity contribution is 7.16. The predicted octanol–water partition coefficient (Wildman–Crippen LogP) is 4.73. The molecule has 1 heterocycles. The van der Waals surface area contributed by atoms with Gasteiger partial charge in [-0.05, 0) is 42.7 Å². The maximum absolute atomic E-state index is 12.5. The number of nitrogens with zero attached hydrogens (tertiary/aromatic N) is 2. The summed E-state index contributed by atoms with van der Waals surface area (Å²) in [7, 11) is 1.61. The summed E-state index contributed by atoms with van der Waals surface area (Å²) in [5.41, 5.74) is 2.85. The fourth-order valence-corrected chi connectivity index (χ4v) is 4.27. The van der Waals surface area contributed by atoms with Gasteiger partial charge < -0.3 is 4.74 Å². The van der Waals surface area contributed by atoms with Crippen molar-refractivity contribution in [1.29, 1.82) is 0 Å². The number of nitro groups is 1. The summed E-state index contributed by atoms with van der Waals surface area (Å²) in [6.07, 6.45) is 1.74. The zero-order valence-corrected chi connectivity index (χ0v) is 16.3. The Morgan fingerprint density at radius 2 is 2.11 bits per heavy atom.